The van der Waals surface area contributed by atoms with Crippen molar-refractivity contribution in [2.45, 2.75) is 25.7 Å². The summed E-state index contributed by atoms with van der Waals surface area (Å²) in [5, 5.41) is 0. The number of aromatic nitrogens is 1. The molecule has 0 spiro atoms. The number of fused-ring (bicyclic) bond motifs is 1. The van der Waals surface area contributed by atoms with Crippen molar-refractivity contribution in [3.8, 4) is 12.3 Å². The predicted octanol–water partition coefficient (Wildman–Crippen LogP) is 1.94. The van der Waals surface area contributed by atoms with E-state index in [-0.39, 0.29) is 0 Å². The van der Waals surface area contributed by atoms with Crippen LogP contribution >= 0.6 is 0 Å². The zero-order valence-corrected chi connectivity index (χ0v) is 7.01. The summed E-state index contributed by atoms with van der Waals surface area (Å²) in [7, 11) is 0. The van der Waals surface area contributed by atoms with Gasteiger partial charge in [-0.2, -0.15) is 0 Å². The van der Waals surface area contributed by atoms with Gasteiger partial charge in [-0.3, -0.25) is 0 Å². The Morgan fingerprint density at radius 1 is 1.33 bits per heavy atom. The van der Waals surface area contributed by atoms with E-state index in [4.69, 9.17) is 6.42 Å². The lowest BCUT2D eigenvalue weighted by Crippen LogP contribution is -2.05. The van der Waals surface area contributed by atoms with Crippen LogP contribution in [0.5, 0.6) is 0 Å². The molecule has 12 heavy (non-hydrogen) atoms. The van der Waals surface area contributed by atoms with Crippen molar-refractivity contribution in [2.24, 2.45) is 0 Å². The zero-order chi connectivity index (χ0) is 8.39. The molecule has 0 aromatic carbocycles. The van der Waals surface area contributed by atoms with Crippen molar-refractivity contribution in [1.29, 1.82) is 0 Å². The van der Waals surface area contributed by atoms with Crippen LogP contribution in [-0.4, -0.2) is 4.98 Å². The Labute approximate surface area is 72.8 Å². The summed E-state index contributed by atoms with van der Waals surface area (Å²) in [5.41, 5.74) is 3.57. The van der Waals surface area contributed by atoms with Crippen LogP contribution in [-0.2, 0) is 12.8 Å². The van der Waals surface area contributed by atoms with Gasteiger partial charge in [0, 0.05) is 6.20 Å². The van der Waals surface area contributed by atoms with E-state index in [1.165, 1.54) is 30.4 Å². The second-order valence-corrected chi connectivity index (χ2v) is 3.15. The third-order valence-corrected chi connectivity index (χ3v) is 2.41. The van der Waals surface area contributed by atoms with E-state index in [1.807, 2.05) is 6.20 Å². The second-order valence-electron chi connectivity index (χ2n) is 3.15. The topological polar surface area (TPSA) is 12.9 Å². The fourth-order valence-corrected chi connectivity index (χ4v) is 1.79. The number of hydrogen-bond acceptors (Lipinski definition) is 1. The Kier molecular flexibility index (Phi) is 1.83. The maximum Gasteiger partial charge on any atom is 0.116 e. The summed E-state index contributed by atoms with van der Waals surface area (Å²) in [6, 6.07) is 2.09. The van der Waals surface area contributed by atoms with Crippen LogP contribution in [0.25, 0.3) is 0 Å². The molecule has 0 atom stereocenters. The van der Waals surface area contributed by atoms with E-state index in [2.05, 4.69) is 17.0 Å². The van der Waals surface area contributed by atoms with Crippen LogP contribution in [0.15, 0.2) is 12.3 Å². The SMILES string of the molecule is C#Cc1nccc2c1CCCC2. The van der Waals surface area contributed by atoms with E-state index in [0.29, 0.717) is 0 Å². The molecule has 0 fully saturated rings. The van der Waals surface area contributed by atoms with Crippen LogP contribution in [0.2, 0.25) is 0 Å². The zero-order valence-electron chi connectivity index (χ0n) is 7.01. The third-order valence-electron chi connectivity index (χ3n) is 2.41. The Balaban J connectivity index is 2.53. The van der Waals surface area contributed by atoms with Gasteiger partial charge in [-0.15, -0.1) is 6.42 Å². The lowest BCUT2D eigenvalue weighted by atomic mass is 9.91. The Morgan fingerprint density at radius 3 is 3.00 bits per heavy atom. The number of aryl methyl sites for hydroxylation is 1. The van der Waals surface area contributed by atoms with Crippen molar-refractivity contribution in [3.63, 3.8) is 0 Å². The van der Waals surface area contributed by atoms with Gasteiger partial charge >= 0.3 is 0 Å². The molecule has 1 heteroatoms. The van der Waals surface area contributed by atoms with E-state index >= 15 is 0 Å². The molecule has 1 aromatic heterocycles. The van der Waals surface area contributed by atoms with E-state index in [1.54, 1.807) is 0 Å². The standard InChI is InChI=1S/C11H11N/c1-2-11-10-6-4-3-5-9(10)7-8-12-11/h1,7-8H,3-6H2. The normalized spacial score (nSPS) is 14.9. The van der Waals surface area contributed by atoms with Crippen LogP contribution < -0.4 is 0 Å². The molecule has 0 unspecified atom stereocenters. The van der Waals surface area contributed by atoms with Gasteiger partial charge in [-0.05, 0) is 48.8 Å². The number of hydrogen-bond donors (Lipinski definition) is 0. The molecule has 0 amide bonds. The molecule has 0 saturated carbocycles. The van der Waals surface area contributed by atoms with Crippen LogP contribution in [0, 0.1) is 12.3 Å². The highest BCUT2D eigenvalue weighted by Crippen LogP contribution is 2.22. The van der Waals surface area contributed by atoms with Gasteiger partial charge in [0.15, 0.2) is 0 Å². The fraction of sp³-hybridized carbons (Fsp3) is 0.364. The monoisotopic (exact) mass is 157 g/mol. The third kappa shape index (κ3) is 1.10. The summed E-state index contributed by atoms with van der Waals surface area (Å²) in [6.45, 7) is 0. The summed E-state index contributed by atoms with van der Waals surface area (Å²) in [6.07, 6.45) is 12.0. The fourth-order valence-electron chi connectivity index (χ4n) is 1.79. The highest BCUT2D eigenvalue weighted by atomic mass is 14.7. The summed E-state index contributed by atoms with van der Waals surface area (Å²) >= 11 is 0. The van der Waals surface area contributed by atoms with Gasteiger partial charge < -0.3 is 0 Å². The van der Waals surface area contributed by atoms with Crippen LogP contribution in [0.1, 0.15) is 29.7 Å². The average molecular weight is 157 g/mol. The second kappa shape index (κ2) is 2.98. The first-order chi connectivity index (χ1) is 5.92. The van der Waals surface area contributed by atoms with Gasteiger partial charge in [0.05, 0.1) is 0 Å². The van der Waals surface area contributed by atoms with E-state index in [9.17, 15) is 0 Å². The molecule has 60 valence electrons. The van der Waals surface area contributed by atoms with Crippen molar-refractivity contribution in [2.75, 3.05) is 0 Å². The first-order valence-electron chi connectivity index (χ1n) is 4.35. The molecule has 1 aliphatic rings. The smallest absolute Gasteiger partial charge is 0.116 e. The minimum atomic E-state index is 0.854. The van der Waals surface area contributed by atoms with Crippen molar-refractivity contribution >= 4 is 0 Å². The first-order valence-corrected chi connectivity index (χ1v) is 4.35. The molecule has 1 heterocycles. The maximum atomic E-state index is 5.36. The summed E-state index contributed by atoms with van der Waals surface area (Å²) < 4.78 is 0. The molecule has 1 aliphatic carbocycles. The molecule has 0 saturated heterocycles. The van der Waals surface area contributed by atoms with E-state index in [0.717, 1.165) is 12.1 Å². The number of terminal acetylenes is 1. The molecule has 1 aromatic rings. The van der Waals surface area contributed by atoms with Crippen molar-refractivity contribution in [3.05, 3.63) is 29.1 Å². The lowest BCUT2D eigenvalue weighted by Gasteiger charge is -2.15. The van der Waals surface area contributed by atoms with Gasteiger partial charge in [-0.25, -0.2) is 4.98 Å². The number of rotatable bonds is 0. The Bertz CT molecular complexity index is 333. The van der Waals surface area contributed by atoms with Gasteiger partial charge in [0.1, 0.15) is 5.69 Å². The molecular formula is C11H11N. The van der Waals surface area contributed by atoms with Gasteiger partial charge in [-0.1, -0.05) is 0 Å². The number of nitrogens with zero attached hydrogens (tertiary/aromatic N) is 1. The molecule has 0 aliphatic heterocycles. The largest absolute Gasteiger partial charge is 0.247 e. The quantitative estimate of drug-likeness (QED) is 0.524. The van der Waals surface area contributed by atoms with Crippen molar-refractivity contribution in [1.82, 2.24) is 4.98 Å². The summed E-state index contributed by atoms with van der Waals surface area (Å²) in [4.78, 5) is 4.17. The Morgan fingerprint density at radius 2 is 2.17 bits per heavy atom. The van der Waals surface area contributed by atoms with Crippen LogP contribution in [0.3, 0.4) is 0 Å². The highest BCUT2D eigenvalue weighted by molar-refractivity contribution is 5.40. The summed E-state index contributed by atoms with van der Waals surface area (Å²) in [5.74, 6) is 2.64. The molecule has 2 rings (SSSR count). The van der Waals surface area contributed by atoms with E-state index < -0.39 is 0 Å². The van der Waals surface area contributed by atoms with Crippen molar-refractivity contribution < 1.29 is 0 Å². The molecule has 0 N–H and O–H groups in total. The minimum Gasteiger partial charge on any atom is -0.247 e. The highest BCUT2D eigenvalue weighted by Gasteiger charge is 2.11. The molecule has 0 bridgehead atoms. The minimum absolute atomic E-state index is 0.854. The molecule has 1 nitrogen and oxygen atoms in total. The average Bonchev–Trinajstić information content (AvgIpc) is 2.17. The first kappa shape index (κ1) is 7.36. The lowest BCUT2D eigenvalue weighted by molar-refractivity contribution is 0.680. The van der Waals surface area contributed by atoms with Gasteiger partial charge in [0.25, 0.3) is 0 Å². The maximum absolute atomic E-state index is 5.36. The molecule has 0 radical (unpaired) electrons. The predicted molar refractivity (Wildman–Crippen MR) is 48.8 cm³/mol. The van der Waals surface area contributed by atoms with Crippen LogP contribution in [0.4, 0.5) is 0 Å². The Hall–Kier alpha value is -1.29. The van der Waals surface area contributed by atoms with Gasteiger partial charge in [0.2, 0.25) is 0 Å². The number of pyridine rings is 1. The molecular weight excluding hydrogens is 146 g/mol.